The van der Waals surface area contributed by atoms with Crippen LogP contribution in [0.25, 0.3) is 0 Å². The maximum atomic E-state index is 11.9. The Bertz CT molecular complexity index is 408. The molecule has 0 aromatic carbocycles. The fourth-order valence-corrected chi connectivity index (χ4v) is 3.59. The summed E-state index contributed by atoms with van der Waals surface area (Å²) >= 11 is 1.45. The van der Waals surface area contributed by atoms with Crippen molar-refractivity contribution in [1.82, 2.24) is 4.57 Å². The van der Waals surface area contributed by atoms with E-state index in [2.05, 4.69) is 0 Å². The molecule has 1 N–H and O–H groups in total. The van der Waals surface area contributed by atoms with Gasteiger partial charge >= 0.3 is 4.87 Å². The second kappa shape index (κ2) is 6.36. The molecule has 0 aliphatic heterocycles. The molecular formula is C13H21NO2S. The van der Waals surface area contributed by atoms with Gasteiger partial charge in [0, 0.05) is 23.7 Å². The van der Waals surface area contributed by atoms with Crippen LogP contribution in [0, 0.1) is 0 Å². The van der Waals surface area contributed by atoms with Gasteiger partial charge in [-0.05, 0) is 44.9 Å². The van der Waals surface area contributed by atoms with Gasteiger partial charge < -0.3 is 9.67 Å². The Morgan fingerprint density at radius 3 is 2.76 bits per heavy atom. The molecule has 1 aliphatic rings. The molecule has 17 heavy (non-hydrogen) atoms. The highest BCUT2D eigenvalue weighted by Crippen LogP contribution is 2.23. The molecule has 0 amide bonds. The van der Waals surface area contributed by atoms with E-state index >= 15 is 0 Å². The fraction of sp³-hybridized carbons (Fsp3) is 0.769. The highest BCUT2D eigenvalue weighted by atomic mass is 32.1. The average Bonchev–Trinajstić information content (AvgIpc) is 2.51. The third-order valence-corrected chi connectivity index (χ3v) is 4.52. The van der Waals surface area contributed by atoms with E-state index < -0.39 is 0 Å². The first-order valence-electron chi connectivity index (χ1n) is 6.65. The summed E-state index contributed by atoms with van der Waals surface area (Å²) in [7, 11) is 0. The number of aliphatic hydroxyl groups is 1. The highest BCUT2D eigenvalue weighted by Gasteiger charge is 2.16. The molecule has 1 aromatic rings. The van der Waals surface area contributed by atoms with Gasteiger partial charge in [-0.25, -0.2) is 0 Å². The molecule has 1 heterocycles. The van der Waals surface area contributed by atoms with Crippen LogP contribution in [0.5, 0.6) is 0 Å². The number of fused-ring (bicyclic) bond motifs is 1. The van der Waals surface area contributed by atoms with Gasteiger partial charge in [-0.2, -0.15) is 0 Å². The first-order valence-corrected chi connectivity index (χ1v) is 7.47. The molecule has 0 fully saturated rings. The number of nitrogens with zero attached hydrogens (tertiary/aromatic N) is 1. The molecular weight excluding hydrogens is 234 g/mol. The van der Waals surface area contributed by atoms with Crippen molar-refractivity contribution in [1.29, 1.82) is 0 Å². The molecule has 1 aromatic heterocycles. The molecule has 0 atom stereocenters. The van der Waals surface area contributed by atoms with E-state index in [1.165, 1.54) is 41.2 Å². The summed E-state index contributed by atoms with van der Waals surface area (Å²) < 4.78 is 1.99. The molecule has 0 saturated heterocycles. The Hall–Kier alpha value is -0.610. The summed E-state index contributed by atoms with van der Waals surface area (Å²) in [4.78, 5) is 13.5. The lowest BCUT2D eigenvalue weighted by molar-refractivity contribution is 0.281. The molecule has 4 heteroatoms. The Kier molecular flexibility index (Phi) is 4.80. The summed E-state index contributed by atoms with van der Waals surface area (Å²) in [6.07, 6.45) is 8.78. The molecule has 0 radical (unpaired) electrons. The molecule has 1 aliphatic carbocycles. The van der Waals surface area contributed by atoms with E-state index in [9.17, 15) is 4.79 Å². The molecule has 0 saturated carbocycles. The fourth-order valence-electron chi connectivity index (χ4n) is 2.49. The summed E-state index contributed by atoms with van der Waals surface area (Å²) in [5, 5.41) is 8.74. The van der Waals surface area contributed by atoms with E-state index in [4.69, 9.17) is 5.11 Å². The van der Waals surface area contributed by atoms with Crippen LogP contribution in [0.1, 0.15) is 49.1 Å². The number of aromatic nitrogens is 1. The van der Waals surface area contributed by atoms with E-state index in [-0.39, 0.29) is 11.5 Å². The van der Waals surface area contributed by atoms with Gasteiger partial charge in [-0.3, -0.25) is 4.79 Å². The number of rotatable bonds is 5. The number of hydrogen-bond acceptors (Lipinski definition) is 3. The normalized spacial score (nSPS) is 15.6. The lowest BCUT2D eigenvalue weighted by Crippen LogP contribution is -2.16. The minimum atomic E-state index is 0.223. The molecule has 96 valence electrons. The smallest absolute Gasteiger partial charge is 0.307 e. The largest absolute Gasteiger partial charge is 0.396 e. The maximum absolute atomic E-state index is 11.9. The Morgan fingerprint density at radius 2 is 1.94 bits per heavy atom. The number of hydrogen-bond donors (Lipinski definition) is 1. The van der Waals surface area contributed by atoms with Gasteiger partial charge in [-0.15, -0.1) is 0 Å². The van der Waals surface area contributed by atoms with Gasteiger partial charge in [0.15, 0.2) is 0 Å². The quantitative estimate of drug-likeness (QED) is 0.648. The number of aliphatic hydroxyl groups excluding tert-OH is 1. The SMILES string of the molecule is O=c1sc2c(n1CCCCCO)CCCCC2. The van der Waals surface area contributed by atoms with Crippen molar-refractivity contribution in [3.63, 3.8) is 0 Å². The third kappa shape index (κ3) is 3.19. The monoisotopic (exact) mass is 255 g/mol. The van der Waals surface area contributed by atoms with Gasteiger partial charge in [0.05, 0.1) is 0 Å². The van der Waals surface area contributed by atoms with Crippen LogP contribution in [0.3, 0.4) is 0 Å². The number of aryl methyl sites for hydroxylation is 1. The molecule has 3 nitrogen and oxygen atoms in total. The first kappa shape index (κ1) is 12.8. The predicted octanol–water partition coefficient (Wildman–Crippen LogP) is 2.34. The average molecular weight is 255 g/mol. The van der Waals surface area contributed by atoms with Gasteiger partial charge in [0.25, 0.3) is 0 Å². The Morgan fingerprint density at radius 1 is 1.12 bits per heavy atom. The van der Waals surface area contributed by atoms with Crippen LogP contribution in [0.15, 0.2) is 4.79 Å². The van der Waals surface area contributed by atoms with Crippen LogP contribution in [-0.2, 0) is 19.4 Å². The lowest BCUT2D eigenvalue weighted by Gasteiger charge is -2.07. The van der Waals surface area contributed by atoms with Crippen molar-refractivity contribution in [2.45, 2.75) is 57.9 Å². The second-order valence-corrected chi connectivity index (χ2v) is 5.78. The molecule has 0 spiro atoms. The van der Waals surface area contributed by atoms with Crippen LogP contribution < -0.4 is 4.87 Å². The van der Waals surface area contributed by atoms with E-state index in [1.807, 2.05) is 4.57 Å². The zero-order chi connectivity index (χ0) is 12.1. The summed E-state index contributed by atoms with van der Waals surface area (Å²) in [6.45, 7) is 1.10. The third-order valence-electron chi connectivity index (χ3n) is 3.44. The molecule has 2 rings (SSSR count). The minimum absolute atomic E-state index is 0.223. The number of unbranched alkanes of at least 4 members (excludes halogenated alkanes) is 2. The van der Waals surface area contributed by atoms with E-state index in [0.29, 0.717) is 0 Å². The first-order chi connectivity index (χ1) is 8.33. The van der Waals surface area contributed by atoms with Crippen molar-refractivity contribution in [3.8, 4) is 0 Å². The highest BCUT2D eigenvalue weighted by molar-refractivity contribution is 7.09. The zero-order valence-electron chi connectivity index (χ0n) is 10.3. The zero-order valence-corrected chi connectivity index (χ0v) is 11.1. The van der Waals surface area contributed by atoms with Crippen LogP contribution in [0.4, 0.5) is 0 Å². The van der Waals surface area contributed by atoms with Crippen LogP contribution in [-0.4, -0.2) is 16.3 Å². The van der Waals surface area contributed by atoms with Crippen LogP contribution in [0.2, 0.25) is 0 Å². The predicted molar refractivity (Wildman–Crippen MR) is 70.8 cm³/mol. The van der Waals surface area contributed by atoms with Crippen molar-refractivity contribution in [3.05, 3.63) is 20.2 Å². The summed E-state index contributed by atoms with van der Waals surface area (Å²) in [5.41, 5.74) is 1.31. The topological polar surface area (TPSA) is 42.2 Å². The van der Waals surface area contributed by atoms with E-state index in [1.54, 1.807) is 0 Å². The summed E-state index contributed by atoms with van der Waals surface area (Å²) in [5.74, 6) is 0. The van der Waals surface area contributed by atoms with Crippen molar-refractivity contribution < 1.29 is 5.11 Å². The lowest BCUT2D eigenvalue weighted by atomic mass is 10.2. The van der Waals surface area contributed by atoms with Crippen molar-refractivity contribution >= 4 is 11.3 Å². The van der Waals surface area contributed by atoms with Crippen molar-refractivity contribution in [2.24, 2.45) is 0 Å². The second-order valence-electron chi connectivity index (χ2n) is 4.73. The molecule has 0 bridgehead atoms. The standard InChI is InChI=1S/C13H21NO2S/c15-10-6-2-5-9-14-11-7-3-1-4-8-12(11)17-13(14)16/h15H,1-10H2. The van der Waals surface area contributed by atoms with Gasteiger partial charge in [-0.1, -0.05) is 17.8 Å². The summed E-state index contributed by atoms with van der Waals surface area (Å²) in [6, 6.07) is 0. The number of thiazole rings is 1. The van der Waals surface area contributed by atoms with Gasteiger partial charge in [0.1, 0.15) is 0 Å². The van der Waals surface area contributed by atoms with E-state index in [0.717, 1.165) is 38.6 Å². The Balaban J connectivity index is 2.05. The maximum Gasteiger partial charge on any atom is 0.307 e. The van der Waals surface area contributed by atoms with Crippen molar-refractivity contribution in [2.75, 3.05) is 6.61 Å². The molecule has 0 unspecified atom stereocenters. The Labute approximate surface area is 106 Å². The van der Waals surface area contributed by atoms with Gasteiger partial charge in [0.2, 0.25) is 0 Å². The minimum Gasteiger partial charge on any atom is -0.396 e. The van der Waals surface area contributed by atoms with Crippen LogP contribution >= 0.6 is 11.3 Å².